The number of rotatable bonds is 2. The first-order valence-electron chi connectivity index (χ1n) is 2.62. The Labute approximate surface area is 61.5 Å². The minimum atomic E-state index is 0.148. The summed E-state index contributed by atoms with van der Waals surface area (Å²) >= 11 is 3.21. The van der Waals surface area contributed by atoms with Crippen molar-refractivity contribution in [2.75, 3.05) is 6.61 Å². The van der Waals surface area contributed by atoms with Crippen LogP contribution in [0.4, 0.5) is 0 Å². The van der Waals surface area contributed by atoms with Gasteiger partial charge in [0.15, 0.2) is 4.73 Å². The van der Waals surface area contributed by atoms with E-state index in [0.717, 1.165) is 4.73 Å². The van der Waals surface area contributed by atoms with Gasteiger partial charge in [-0.3, -0.25) is 0 Å². The number of hydrogen-bond acceptors (Lipinski definition) is 2. The summed E-state index contributed by atoms with van der Waals surface area (Å²) < 4.78 is 2.58. The second-order valence-electron chi connectivity index (χ2n) is 1.61. The van der Waals surface area contributed by atoms with Crippen molar-refractivity contribution < 1.29 is 5.11 Å². The van der Waals surface area contributed by atoms with Crippen molar-refractivity contribution in [1.82, 2.24) is 9.55 Å². The normalized spacial score (nSPS) is 10.0. The predicted octanol–water partition coefficient (Wildman–Crippen LogP) is 0.638. The molecule has 0 unspecified atom stereocenters. The lowest BCUT2D eigenvalue weighted by Crippen LogP contribution is -2.00. The molecule has 0 aliphatic heterocycles. The van der Waals surface area contributed by atoms with Crippen LogP contribution in [0.15, 0.2) is 17.1 Å². The highest BCUT2D eigenvalue weighted by Gasteiger charge is 1.93. The lowest BCUT2D eigenvalue weighted by molar-refractivity contribution is 0.275. The zero-order valence-corrected chi connectivity index (χ0v) is 6.37. The second-order valence-corrected chi connectivity index (χ2v) is 2.32. The van der Waals surface area contributed by atoms with Gasteiger partial charge in [-0.15, -0.1) is 0 Å². The summed E-state index contributed by atoms with van der Waals surface area (Å²) in [7, 11) is 0. The van der Waals surface area contributed by atoms with Crippen LogP contribution in [-0.2, 0) is 6.54 Å². The highest BCUT2D eigenvalue weighted by Crippen LogP contribution is 2.04. The highest BCUT2D eigenvalue weighted by atomic mass is 79.9. The minimum absolute atomic E-state index is 0.148. The molecule has 0 saturated carbocycles. The Morgan fingerprint density at radius 3 is 3.00 bits per heavy atom. The SMILES string of the molecule is OCCn1ccnc1Br. The predicted molar refractivity (Wildman–Crippen MR) is 37.0 cm³/mol. The molecule has 1 N–H and O–H groups in total. The molecule has 50 valence electrons. The molecule has 0 radical (unpaired) electrons. The minimum Gasteiger partial charge on any atom is -0.395 e. The smallest absolute Gasteiger partial charge is 0.177 e. The molecular formula is C5H7BrN2O. The van der Waals surface area contributed by atoms with Crippen LogP contribution in [0.5, 0.6) is 0 Å². The number of imidazole rings is 1. The zero-order valence-electron chi connectivity index (χ0n) is 4.79. The lowest BCUT2D eigenvalue weighted by Gasteiger charge is -1.97. The van der Waals surface area contributed by atoms with Gasteiger partial charge in [-0.05, 0) is 15.9 Å². The Morgan fingerprint density at radius 1 is 1.78 bits per heavy atom. The van der Waals surface area contributed by atoms with E-state index in [1.54, 1.807) is 12.4 Å². The molecule has 0 spiro atoms. The van der Waals surface area contributed by atoms with Gasteiger partial charge in [0.25, 0.3) is 0 Å². The van der Waals surface area contributed by atoms with Crippen LogP contribution in [0.2, 0.25) is 0 Å². The van der Waals surface area contributed by atoms with Crippen LogP contribution in [0.25, 0.3) is 0 Å². The summed E-state index contributed by atoms with van der Waals surface area (Å²) in [6.07, 6.45) is 3.49. The van der Waals surface area contributed by atoms with E-state index in [4.69, 9.17) is 5.11 Å². The maximum absolute atomic E-state index is 8.49. The van der Waals surface area contributed by atoms with E-state index in [1.165, 1.54) is 0 Å². The fraction of sp³-hybridized carbons (Fsp3) is 0.400. The fourth-order valence-electron chi connectivity index (χ4n) is 0.586. The number of aromatic nitrogens is 2. The quantitative estimate of drug-likeness (QED) is 0.744. The zero-order chi connectivity index (χ0) is 6.69. The number of halogens is 1. The van der Waals surface area contributed by atoms with Crippen molar-refractivity contribution in [3.8, 4) is 0 Å². The molecule has 4 heteroatoms. The third-order valence-electron chi connectivity index (χ3n) is 1.01. The van der Waals surface area contributed by atoms with E-state index in [9.17, 15) is 0 Å². The summed E-state index contributed by atoms with van der Waals surface area (Å²) in [5, 5.41) is 8.49. The highest BCUT2D eigenvalue weighted by molar-refractivity contribution is 9.10. The van der Waals surface area contributed by atoms with Crippen LogP contribution in [0, 0.1) is 0 Å². The first-order chi connectivity index (χ1) is 4.34. The van der Waals surface area contributed by atoms with E-state index in [2.05, 4.69) is 20.9 Å². The van der Waals surface area contributed by atoms with Crippen molar-refractivity contribution in [3.63, 3.8) is 0 Å². The monoisotopic (exact) mass is 190 g/mol. The van der Waals surface area contributed by atoms with Crippen LogP contribution < -0.4 is 0 Å². The molecule has 9 heavy (non-hydrogen) atoms. The summed E-state index contributed by atoms with van der Waals surface area (Å²) in [4.78, 5) is 3.90. The molecule has 3 nitrogen and oxygen atoms in total. The molecular weight excluding hydrogens is 184 g/mol. The van der Waals surface area contributed by atoms with Crippen LogP contribution in [0.3, 0.4) is 0 Å². The molecule has 0 atom stereocenters. The van der Waals surface area contributed by atoms with Gasteiger partial charge in [0.05, 0.1) is 6.61 Å². The first kappa shape index (κ1) is 6.77. The standard InChI is InChI=1S/C5H7BrN2O/c6-5-7-1-2-8(5)3-4-9/h1-2,9H,3-4H2. The third-order valence-corrected chi connectivity index (χ3v) is 1.67. The topological polar surface area (TPSA) is 38.0 Å². The Hall–Kier alpha value is -0.350. The molecule has 1 heterocycles. The molecule has 0 aromatic carbocycles. The first-order valence-corrected chi connectivity index (χ1v) is 3.41. The number of aliphatic hydroxyl groups excluding tert-OH is 1. The number of hydrogen-bond donors (Lipinski definition) is 1. The van der Waals surface area contributed by atoms with Gasteiger partial charge in [0.2, 0.25) is 0 Å². The Bertz CT molecular complexity index is 187. The molecule has 1 aromatic heterocycles. The maximum atomic E-state index is 8.49. The van der Waals surface area contributed by atoms with Gasteiger partial charge < -0.3 is 9.67 Å². The van der Waals surface area contributed by atoms with E-state index in [1.807, 2.05) is 4.57 Å². The van der Waals surface area contributed by atoms with Crippen molar-refractivity contribution in [3.05, 3.63) is 17.1 Å². The average Bonchev–Trinajstić information content (AvgIpc) is 2.18. The Morgan fingerprint density at radius 2 is 2.56 bits per heavy atom. The Kier molecular flexibility index (Phi) is 2.24. The molecule has 0 fully saturated rings. The summed E-state index contributed by atoms with van der Waals surface area (Å²) in [6, 6.07) is 0. The molecule has 0 aliphatic carbocycles. The van der Waals surface area contributed by atoms with Gasteiger partial charge in [-0.1, -0.05) is 0 Å². The van der Waals surface area contributed by atoms with Gasteiger partial charge in [0, 0.05) is 18.9 Å². The Balaban J connectivity index is 2.69. The fourth-order valence-corrected chi connectivity index (χ4v) is 0.999. The van der Waals surface area contributed by atoms with Gasteiger partial charge >= 0.3 is 0 Å². The molecule has 0 bridgehead atoms. The number of nitrogens with zero attached hydrogens (tertiary/aromatic N) is 2. The van der Waals surface area contributed by atoms with Crippen LogP contribution >= 0.6 is 15.9 Å². The summed E-state index contributed by atoms with van der Waals surface area (Å²) in [6.45, 7) is 0.746. The van der Waals surface area contributed by atoms with Crippen molar-refractivity contribution in [2.24, 2.45) is 0 Å². The largest absolute Gasteiger partial charge is 0.395 e. The van der Waals surface area contributed by atoms with Gasteiger partial charge in [-0.2, -0.15) is 0 Å². The second kappa shape index (κ2) is 2.98. The lowest BCUT2D eigenvalue weighted by atomic mass is 10.7. The van der Waals surface area contributed by atoms with E-state index in [-0.39, 0.29) is 6.61 Å². The molecule has 1 aromatic rings. The van der Waals surface area contributed by atoms with Crippen molar-refractivity contribution in [2.45, 2.75) is 6.54 Å². The molecule has 0 saturated heterocycles. The van der Waals surface area contributed by atoms with E-state index < -0.39 is 0 Å². The average molecular weight is 191 g/mol. The van der Waals surface area contributed by atoms with Crippen molar-refractivity contribution >= 4 is 15.9 Å². The van der Waals surface area contributed by atoms with Crippen LogP contribution in [-0.4, -0.2) is 21.3 Å². The van der Waals surface area contributed by atoms with Crippen molar-refractivity contribution in [1.29, 1.82) is 0 Å². The summed E-state index contributed by atoms with van der Waals surface area (Å²) in [5.41, 5.74) is 0. The molecule has 0 amide bonds. The summed E-state index contributed by atoms with van der Waals surface area (Å²) in [5.74, 6) is 0. The molecule has 0 aliphatic rings. The van der Waals surface area contributed by atoms with Gasteiger partial charge in [-0.25, -0.2) is 4.98 Å². The van der Waals surface area contributed by atoms with E-state index in [0.29, 0.717) is 6.54 Å². The van der Waals surface area contributed by atoms with E-state index >= 15 is 0 Å². The third kappa shape index (κ3) is 1.53. The van der Waals surface area contributed by atoms with Crippen LogP contribution in [0.1, 0.15) is 0 Å². The number of aliphatic hydroxyl groups is 1. The maximum Gasteiger partial charge on any atom is 0.177 e. The molecule has 1 rings (SSSR count). The van der Waals surface area contributed by atoms with Gasteiger partial charge in [0.1, 0.15) is 0 Å².